The number of hydrogen-bond acceptors (Lipinski definition) is 4. The Morgan fingerprint density at radius 2 is 2.15 bits per heavy atom. The van der Waals surface area contributed by atoms with Gasteiger partial charge in [0.25, 0.3) is 0 Å². The summed E-state index contributed by atoms with van der Waals surface area (Å²) in [5.41, 5.74) is 3.02. The Bertz CT molecular complexity index is 1060. The number of halogens is 1. The number of rotatable bonds is 3. The third-order valence-electron chi connectivity index (χ3n) is 4.75. The lowest BCUT2D eigenvalue weighted by molar-refractivity contribution is -0.122. The van der Waals surface area contributed by atoms with Gasteiger partial charge in [-0.3, -0.25) is 14.3 Å². The fourth-order valence-electron chi connectivity index (χ4n) is 3.40. The van der Waals surface area contributed by atoms with Crippen molar-refractivity contribution in [1.82, 2.24) is 14.8 Å². The standard InChI is InChI=1S/C19H18BrN5O2/c1-11-16-8-14(9-21-18(16)24(2)23-11)22-19(27)12-6-17(26)25(10-12)15-5-3-4-13(20)7-15/h3-5,7-9,12H,6,10H2,1-2H3,(H,22,27). The van der Waals surface area contributed by atoms with E-state index in [4.69, 9.17) is 0 Å². The van der Waals surface area contributed by atoms with Crippen LogP contribution >= 0.6 is 15.9 Å². The molecule has 3 aromatic rings. The zero-order chi connectivity index (χ0) is 19.1. The molecule has 1 N–H and O–H groups in total. The van der Waals surface area contributed by atoms with Crippen molar-refractivity contribution in [1.29, 1.82) is 0 Å². The number of hydrogen-bond donors (Lipinski definition) is 1. The maximum Gasteiger partial charge on any atom is 0.229 e. The van der Waals surface area contributed by atoms with Crippen LogP contribution in [0.1, 0.15) is 12.1 Å². The normalized spacial score (nSPS) is 16.9. The third-order valence-corrected chi connectivity index (χ3v) is 5.24. The number of benzene rings is 1. The summed E-state index contributed by atoms with van der Waals surface area (Å²) in [6, 6.07) is 9.38. The Balaban J connectivity index is 1.50. The second-order valence-corrected chi connectivity index (χ2v) is 7.59. The number of carbonyl (C=O) groups excluding carboxylic acids is 2. The molecule has 138 valence electrons. The topological polar surface area (TPSA) is 80.1 Å². The molecule has 2 amide bonds. The molecule has 0 saturated carbocycles. The summed E-state index contributed by atoms with van der Waals surface area (Å²) < 4.78 is 2.61. The molecule has 1 aromatic carbocycles. The lowest BCUT2D eigenvalue weighted by atomic mass is 10.1. The number of amides is 2. The van der Waals surface area contributed by atoms with E-state index in [1.165, 1.54) is 0 Å². The summed E-state index contributed by atoms with van der Waals surface area (Å²) in [5, 5.41) is 8.12. The Labute approximate surface area is 164 Å². The molecule has 0 aliphatic carbocycles. The first-order valence-electron chi connectivity index (χ1n) is 8.58. The first-order chi connectivity index (χ1) is 12.9. The van der Waals surface area contributed by atoms with Crippen molar-refractivity contribution >= 4 is 50.2 Å². The van der Waals surface area contributed by atoms with Crippen LogP contribution in [-0.2, 0) is 16.6 Å². The van der Waals surface area contributed by atoms with Crippen LogP contribution in [0.5, 0.6) is 0 Å². The van der Waals surface area contributed by atoms with Crippen LogP contribution in [0.2, 0.25) is 0 Å². The van der Waals surface area contributed by atoms with Gasteiger partial charge in [-0.15, -0.1) is 0 Å². The Hall–Kier alpha value is -2.74. The summed E-state index contributed by atoms with van der Waals surface area (Å²) in [5.74, 6) is -0.629. The molecule has 1 fully saturated rings. The van der Waals surface area contributed by atoms with Crippen molar-refractivity contribution in [2.24, 2.45) is 13.0 Å². The van der Waals surface area contributed by atoms with Crippen molar-refractivity contribution in [2.45, 2.75) is 13.3 Å². The minimum Gasteiger partial charge on any atom is -0.324 e. The fourth-order valence-corrected chi connectivity index (χ4v) is 3.78. The highest BCUT2D eigenvalue weighted by atomic mass is 79.9. The monoisotopic (exact) mass is 427 g/mol. The second kappa shape index (κ2) is 6.77. The van der Waals surface area contributed by atoms with Crippen molar-refractivity contribution in [3.05, 3.63) is 46.7 Å². The third kappa shape index (κ3) is 3.32. The summed E-state index contributed by atoms with van der Waals surface area (Å²) >= 11 is 3.41. The van der Waals surface area contributed by atoms with Gasteiger partial charge in [-0.05, 0) is 31.2 Å². The van der Waals surface area contributed by atoms with Gasteiger partial charge in [0.1, 0.15) is 0 Å². The van der Waals surface area contributed by atoms with Crippen molar-refractivity contribution in [2.75, 3.05) is 16.8 Å². The molecule has 1 unspecified atom stereocenters. The first-order valence-corrected chi connectivity index (χ1v) is 9.38. The predicted octanol–water partition coefficient (Wildman–Crippen LogP) is 3.03. The van der Waals surface area contributed by atoms with Crippen LogP contribution in [0.4, 0.5) is 11.4 Å². The number of nitrogens with one attached hydrogen (secondary N) is 1. The van der Waals surface area contributed by atoms with Gasteiger partial charge in [0.15, 0.2) is 5.65 Å². The number of aryl methyl sites for hydroxylation is 2. The quantitative estimate of drug-likeness (QED) is 0.696. The molecule has 1 atom stereocenters. The number of carbonyl (C=O) groups is 2. The van der Waals surface area contributed by atoms with Crippen LogP contribution < -0.4 is 10.2 Å². The van der Waals surface area contributed by atoms with E-state index in [9.17, 15) is 9.59 Å². The van der Waals surface area contributed by atoms with Crippen molar-refractivity contribution < 1.29 is 9.59 Å². The van der Waals surface area contributed by atoms with Gasteiger partial charge in [-0.25, -0.2) is 4.98 Å². The average molecular weight is 428 g/mol. The molecule has 27 heavy (non-hydrogen) atoms. The van der Waals surface area contributed by atoms with E-state index in [1.54, 1.807) is 15.8 Å². The van der Waals surface area contributed by atoms with E-state index in [2.05, 4.69) is 31.3 Å². The molecule has 0 spiro atoms. The van der Waals surface area contributed by atoms with Gasteiger partial charge in [-0.1, -0.05) is 22.0 Å². The number of pyridine rings is 1. The maximum absolute atomic E-state index is 12.7. The van der Waals surface area contributed by atoms with Gasteiger partial charge < -0.3 is 10.2 Å². The van der Waals surface area contributed by atoms with Crippen LogP contribution in [0.3, 0.4) is 0 Å². The first kappa shape index (κ1) is 17.7. The Kier molecular flexibility index (Phi) is 4.43. The van der Waals surface area contributed by atoms with Crippen molar-refractivity contribution in [3.8, 4) is 0 Å². The van der Waals surface area contributed by atoms with Gasteiger partial charge >= 0.3 is 0 Å². The Morgan fingerprint density at radius 3 is 2.93 bits per heavy atom. The summed E-state index contributed by atoms with van der Waals surface area (Å²) in [6.45, 7) is 2.27. The van der Waals surface area contributed by atoms with Gasteiger partial charge in [0.2, 0.25) is 11.8 Å². The van der Waals surface area contributed by atoms with Gasteiger partial charge in [0, 0.05) is 35.6 Å². The summed E-state index contributed by atoms with van der Waals surface area (Å²) in [7, 11) is 1.83. The molecule has 3 heterocycles. The highest BCUT2D eigenvalue weighted by Crippen LogP contribution is 2.28. The SMILES string of the molecule is Cc1nn(C)c2ncc(NC(=O)C3CC(=O)N(c4cccc(Br)c4)C3)cc12. The predicted molar refractivity (Wildman–Crippen MR) is 106 cm³/mol. The molecule has 0 bridgehead atoms. The molecule has 7 nitrogen and oxygen atoms in total. The second-order valence-electron chi connectivity index (χ2n) is 6.68. The molecule has 1 saturated heterocycles. The van der Waals surface area contributed by atoms with E-state index in [1.807, 2.05) is 44.3 Å². The molecule has 4 rings (SSSR count). The molecule has 1 aliphatic heterocycles. The molecular formula is C19H18BrN5O2. The molecule has 1 aliphatic rings. The van der Waals surface area contributed by atoms with E-state index in [-0.39, 0.29) is 18.2 Å². The highest BCUT2D eigenvalue weighted by molar-refractivity contribution is 9.10. The molecule has 0 radical (unpaired) electrons. The molecule has 8 heteroatoms. The van der Waals surface area contributed by atoms with E-state index in [0.29, 0.717) is 12.2 Å². The van der Waals surface area contributed by atoms with Crippen LogP contribution in [0.25, 0.3) is 11.0 Å². The van der Waals surface area contributed by atoms with Crippen LogP contribution in [0.15, 0.2) is 41.0 Å². The maximum atomic E-state index is 12.7. The van der Waals surface area contributed by atoms with Gasteiger partial charge in [0.05, 0.1) is 23.5 Å². The van der Waals surface area contributed by atoms with Crippen LogP contribution in [0, 0.1) is 12.8 Å². The lowest BCUT2D eigenvalue weighted by Gasteiger charge is -2.17. The number of fused-ring (bicyclic) bond motifs is 1. The lowest BCUT2D eigenvalue weighted by Crippen LogP contribution is -2.28. The summed E-state index contributed by atoms with van der Waals surface area (Å²) in [4.78, 5) is 31.1. The summed E-state index contributed by atoms with van der Waals surface area (Å²) in [6.07, 6.45) is 1.81. The van der Waals surface area contributed by atoms with E-state index < -0.39 is 5.92 Å². The minimum atomic E-state index is -0.401. The fraction of sp³-hybridized carbons (Fsp3) is 0.263. The number of nitrogens with zero attached hydrogens (tertiary/aromatic N) is 4. The average Bonchev–Trinajstić information content (AvgIpc) is 3.15. The van der Waals surface area contributed by atoms with Gasteiger partial charge in [-0.2, -0.15) is 5.10 Å². The molecular weight excluding hydrogens is 410 g/mol. The smallest absolute Gasteiger partial charge is 0.229 e. The van der Waals surface area contributed by atoms with E-state index >= 15 is 0 Å². The number of aromatic nitrogens is 3. The van der Waals surface area contributed by atoms with Crippen LogP contribution in [-0.4, -0.2) is 33.1 Å². The number of anilines is 2. The van der Waals surface area contributed by atoms with Crippen molar-refractivity contribution in [3.63, 3.8) is 0 Å². The highest BCUT2D eigenvalue weighted by Gasteiger charge is 2.35. The zero-order valence-corrected chi connectivity index (χ0v) is 16.5. The Morgan fingerprint density at radius 1 is 1.33 bits per heavy atom. The largest absolute Gasteiger partial charge is 0.324 e. The molecule has 2 aromatic heterocycles. The van der Waals surface area contributed by atoms with E-state index in [0.717, 1.165) is 26.9 Å². The minimum absolute atomic E-state index is 0.0510. The zero-order valence-electron chi connectivity index (χ0n) is 14.9.